The molecule has 0 saturated carbocycles. The molecular weight excluding hydrogens is 280 g/mol. The van der Waals surface area contributed by atoms with Crippen molar-refractivity contribution >= 4 is 13.6 Å². The standard InChI is InChI=1S/C21H22Si/c1-22(2,3)16-15-18-10-5-7-13-20(18)21-14-8-11-17-9-4-6-12-19(17)21/h4-7,9-10,12-14H,8,11H2,1-3H3. The van der Waals surface area contributed by atoms with Crippen molar-refractivity contribution in [2.45, 2.75) is 32.5 Å². The third-order valence-corrected chi connectivity index (χ3v) is 4.73. The fourth-order valence-electron chi connectivity index (χ4n) is 2.82. The van der Waals surface area contributed by atoms with Gasteiger partial charge in [0.2, 0.25) is 0 Å². The molecule has 2 aromatic rings. The molecule has 0 saturated heterocycles. The predicted octanol–water partition coefficient (Wildman–Crippen LogP) is 5.29. The van der Waals surface area contributed by atoms with Crippen molar-refractivity contribution in [3.8, 4) is 11.5 Å². The molecule has 0 heterocycles. The first-order chi connectivity index (χ1) is 10.5. The van der Waals surface area contributed by atoms with Gasteiger partial charge < -0.3 is 0 Å². The normalized spacial score (nSPS) is 13.7. The van der Waals surface area contributed by atoms with Crippen LogP contribution in [0.1, 0.15) is 28.7 Å². The lowest BCUT2D eigenvalue weighted by Gasteiger charge is -2.19. The Labute approximate surface area is 134 Å². The molecule has 0 nitrogen and oxygen atoms in total. The fourth-order valence-corrected chi connectivity index (χ4v) is 3.33. The van der Waals surface area contributed by atoms with Gasteiger partial charge in [-0.05, 0) is 41.2 Å². The Kier molecular flexibility index (Phi) is 4.05. The van der Waals surface area contributed by atoms with E-state index in [0.717, 1.165) is 18.4 Å². The summed E-state index contributed by atoms with van der Waals surface area (Å²) in [5, 5.41) is 0. The number of benzene rings is 2. The molecule has 22 heavy (non-hydrogen) atoms. The Morgan fingerprint density at radius 3 is 2.32 bits per heavy atom. The molecule has 0 fully saturated rings. The summed E-state index contributed by atoms with van der Waals surface area (Å²) in [5.41, 5.74) is 10.1. The molecule has 0 radical (unpaired) electrons. The van der Waals surface area contributed by atoms with Gasteiger partial charge >= 0.3 is 0 Å². The van der Waals surface area contributed by atoms with Crippen LogP contribution in [0.2, 0.25) is 19.6 Å². The first-order valence-electron chi connectivity index (χ1n) is 7.96. The number of hydrogen-bond acceptors (Lipinski definition) is 0. The Bertz CT molecular complexity index is 779. The predicted molar refractivity (Wildman–Crippen MR) is 98.5 cm³/mol. The van der Waals surface area contributed by atoms with Crippen molar-refractivity contribution in [3.63, 3.8) is 0 Å². The minimum absolute atomic E-state index is 1.11. The highest BCUT2D eigenvalue weighted by Crippen LogP contribution is 2.33. The van der Waals surface area contributed by atoms with Crippen LogP contribution < -0.4 is 0 Å². The Morgan fingerprint density at radius 1 is 0.864 bits per heavy atom. The van der Waals surface area contributed by atoms with Gasteiger partial charge in [-0.2, -0.15) is 0 Å². The highest BCUT2D eigenvalue weighted by atomic mass is 28.3. The summed E-state index contributed by atoms with van der Waals surface area (Å²) in [5.74, 6) is 3.45. The number of aryl methyl sites for hydroxylation is 1. The van der Waals surface area contributed by atoms with E-state index in [2.05, 4.69) is 85.7 Å². The fraction of sp³-hybridized carbons (Fsp3) is 0.238. The molecule has 0 spiro atoms. The summed E-state index contributed by atoms with van der Waals surface area (Å²) in [6.45, 7) is 6.87. The molecular formula is C21H22Si. The maximum atomic E-state index is 3.50. The van der Waals surface area contributed by atoms with Crippen molar-refractivity contribution in [3.05, 3.63) is 76.9 Å². The number of rotatable bonds is 1. The molecule has 0 atom stereocenters. The Morgan fingerprint density at radius 2 is 1.55 bits per heavy atom. The first kappa shape index (κ1) is 14.9. The molecule has 0 unspecified atom stereocenters. The number of allylic oxidation sites excluding steroid dienone is 1. The molecule has 1 aliphatic rings. The molecule has 1 aliphatic carbocycles. The van der Waals surface area contributed by atoms with E-state index < -0.39 is 8.07 Å². The maximum absolute atomic E-state index is 3.50. The van der Waals surface area contributed by atoms with Crippen LogP contribution in [0.25, 0.3) is 5.57 Å². The lowest BCUT2D eigenvalue weighted by molar-refractivity contribution is 0.977. The van der Waals surface area contributed by atoms with Crippen LogP contribution in [-0.2, 0) is 6.42 Å². The second kappa shape index (κ2) is 5.99. The Hall–Kier alpha value is -2.04. The minimum atomic E-state index is -1.36. The van der Waals surface area contributed by atoms with Gasteiger partial charge in [-0.15, -0.1) is 5.54 Å². The molecule has 0 bridgehead atoms. The van der Waals surface area contributed by atoms with Crippen molar-refractivity contribution in [2.75, 3.05) is 0 Å². The molecule has 2 aromatic carbocycles. The molecule has 110 valence electrons. The van der Waals surface area contributed by atoms with Crippen molar-refractivity contribution in [1.82, 2.24) is 0 Å². The van der Waals surface area contributed by atoms with Gasteiger partial charge in [0.05, 0.1) is 0 Å². The number of fused-ring (bicyclic) bond motifs is 1. The topological polar surface area (TPSA) is 0 Å². The van der Waals surface area contributed by atoms with Crippen molar-refractivity contribution < 1.29 is 0 Å². The first-order valence-corrected chi connectivity index (χ1v) is 11.5. The van der Waals surface area contributed by atoms with Crippen LogP contribution in [0, 0.1) is 11.5 Å². The van der Waals surface area contributed by atoms with E-state index in [4.69, 9.17) is 0 Å². The summed E-state index contributed by atoms with van der Waals surface area (Å²) < 4.78 is 0. The van der Waals surface area contributed by atoms with E-state index >= 15 is 0 Å². The minimum Gasteiger partial charge on any atom is -0.127 e. The van der Waals surface area contributed by atoms with Crippen LogP contribution in [-0.4, -0.2) is 8.07 Å². The van der Waals surface area contributed by atoms with Crippen molar-refractivity contribution in [2.24, 2.45) is 0 Å². The summed E-state index contributed by atoms with van der Waals surface area (Å²) in [4.78, 5) is 0. The van der Waals surface area contributed by atoms with Gasteiger partial charge in [-0.3, -0.25) is 0 Å². The molecule has 0 aliphatic heterocycles. The van der Waals surface area contributed by atoms with Crippen LogP contribution in [0.5, 0.6) is 0 Å². The average molecular weight is 302 g/mol. The zero-order valence-electron chi connectivity index (χ0n) is 13.6. The van der Waals surface area contributed by atoms with Crippen molar-refractivity contribution in [1.29, 1.82) is 0 Å². The van der Waals surface area contributed by atoms with E-state index in [1.54, 1.807) is 0 Å². The molecule has 0 N–H and O–H groups in total. The highest BCUT2D eigenvalue weighted by molar-refractivity contribution is 6.83. The number of hydrogen-bond donors (Lipinski definition) is 0. The summed E-state index contributed by atoms with van der Waals surface area (Å²) in [6, 6.07) is 17.3. The van der Waals surface area contributed by atoms with Gasteiger partial charge in [0, 0.05) is 5.56 Å². The average Bonchev–Trinajstić information content (AvgIpc) is 2.52. The van der Waals surface area contributed by atoms with Crippen LogP contribution in [0.4, 0.5) is 0 Å². The van der Waals surface area contributed by atoms with E-state index in [0.29, 0.717) is 0 Å². The van der Waals surface area contributed by atoms with Crippen LogP contribution in [0.15, 0.2) is 54.6 Å². The summed E-state index contributed by atoms with van der Waals surface area (Å²) in [7, 11) is -1.36. The smallest absolute Gasteiger partial charge is 0.127 e. The van der Waals surface area contributed by atoms with Gasteiger partial charge in [0.1, 0.15) is 8.07 Å². The van der Waals surface area contributed by atoms with Crippen LogP contribution in [0.3, 0.4) is 0 Å². The van der Waals surface area contributed by atoms with Gasteiger partial charge in [-0.1, -0.05) is 74.1 Å². The second-order valence-electron chi connectivity index (χ2n) is 6.86. The quantitative estimate of drug-likeness (QED) is 0.496. The lowest BCUT2D eigenvalue weighted by atomic mass is 9.85. The Balaban J connectivity index is 2.10. The summed E-state index contributed by atoms with van der Waals surface area (Å²) >= 11 is 0. The largest absolute Gasteiger partial charge is 0.129 e. The lowest BCUT2D eigenvalue weighted by Crippen LogP contribution is -2.16. The van der Waals surface area contributed by atoms with Gasteiger partial charge in [0.15, 0.2) is 0 Å². The van der Waals surface area contributed by atoms with Gasteiger partial charge in [0.25, 0.3) is 0 Å². The maximum Gasteiger partial charge on any atom is 0.129 e. The SMILES string of the molecule is C[Si](C)(C)C#Cc1ccccc1C1=CCCc2ccccc21. The van der Waals surface area contributed by atoms with E-state index in [9.17, 15) is 0 Å². The van der Waals surface area contributed by atoms with E-state index in [1.165, 1.54) is 22.3 Å². The van der Waals surface area contributed by atoms with Crippen LogP contribution >= 0.6 is 0 Å². The molecule has 0 amide bonds. The molecule has 1 heteroatoms. The highest BCUT2D eigenvalue weighted by Gasteiger charge is 2.15. The van der Waals surface area contributed by atoms with E-state index in [1.807, 2.05) is 0 Å². The zero-order chi connectivity index (χ0) is 15.6. The molecule has 0 aromatic heterocycles. The zero-order valence-corrected chi connectivity index (χ0v) is 14.6. The van der Waals surface area contributed by atoms with E-state index in [-0.39, 0.29) is 0 Å². The third kappa shape index (κ3) is 3.23. The molecule has 3 rings (SSSR count). The third-order valence-electron chi connectivity index (χ3n) is 3.86. The van der Waals surface area contributed by atoms with Gasteiger partial charge in [-0.25, -0.2) is 0 Å². The second-order valence-corrected chi connectivity index (χ2v) is 11.6. The summed E-state index contributed by atoms with van der Waals surface area (Å²) in [6.07, 6.45) is 4.63. The monoisotopic (exact) mass is 302 g/mol.